The summed E-state index contributed by atoms with van der Waals surface area (Å²) in [6.07, 6.45) is 3.55. The van der Waals surface area contributed by atoms with E-state index >= 15 is 0 Å². The van der Waals surface area contributed by atoms with Gasteiger partial charge in [-0.3, -0.25) is 0 Å². The molecule has 1 amide bonds. The monoisotopic (exact) mass is 381 g/mol. The molecule has 0 aromatic heterocycles. The van der Waals surface area contributed by atoms with E-state index in [1.54, 1.807) is 4.90 Å². The van der Waals surface area contributed by atoms with Gasteiger partial charge in [0.2, 0.25) is 0 Å². The van der Waals surface area contributed by atoms with Crippen molar-refractivity contribution in [1.29, 1.82) is 0 Å². The standard InChI is InChI=1S/C24H31NO3/c1-24(2,3)28-23(27)25(17-7-19-26)18-16-22-14-12-21(13-15-22)11-10-20-8-5-4-6-9-20/h4-6,8-9,12-15,19H,7,10-11,16-18H2,1-3H3. The summed E-state index contributed by atoms with van der Waals surface area (Å²) in [7, 11) is 0. The molecule has 0 atom stereocenters. The van der Waals surface area contributed by atoms with Crippen molar-refractivity contribution >= 4 is 12.4 Å². The summed E-state index contributed by atoms with van der Waals surface area (Å²) in [5.41, 5.74) is 3.27. The molecule has 0 heterocycles. The highest BCUT2D eigenvalue weighted by atomic mass is 16.6. The molecule has 4 nitrogen and oxygen atoms in total. The topological polar surface area (TPSA) is 46.6 Å². The van der Waals surface area contributed by atoms with Crippen molar-refractivity contribution in [1.82, 2.24) is 4.90 Å². The summed E-state index contributed by atoms with van der Waals surface area (Å²) in [5, 5.41) is 0. The van der Waals surface area contributed by atoms with Crippen LogP contribution in [0.2, 0.25) is 0 Å². The fourth-order valence-corrected chi connectivity index (χ4v) is 2.90. The van der Waals surface area contributed by atoms with E-state index in [0.29, 0.717) is 19.5 Å². The Labute approximate surface area is 168 Å². The predicted octanol–water partition coefficient (Wildman–Crippen LogP) is 4.84. The second-order valence-electron chi connectivity index (χ2n) is 7.97. The first kappa shape index (κ1) is 21.7. The van der Waals surface area contributed by atoms with E-state index < -0.39 is 5.60 Å². The molecular formula is C24H31NO3. The van der Waals surface area contributed by atoms with Gasteiger partial charge in [0, 0.05) is 19.5 Å². The molecule has 150 valence electrons. The minimum absolute atomic E-state index is 0.317. The van der Waals surface area contributed by atoms with Crippen LogP contribution < -0.4 is 0 Å². The number of aryl methyl sites for hydroxylation is 2. The SMILES string of the molecule is CC(C)(C)OC(=O)N(CCC=O)CCc1ccc(CCc2ccccc2)cc1. The largest absolute Gasteiger partial charge is 0.444 e. The van der Waals surface area contributed by atoms with Crippen LogP contribution in [0.15, 0.2) is 54.6 Å². The Morgan fingerprint density at radius 2 is 1.39 bits per heavy atom. The summed E-state index contributed by atoms with van der Waals surface area (Å²) >= 11 is 0. The number of aldehydes is 1. The third-order valence-corrected chi connectivity index (χ3v) is 4.41. The number of ether oxygens (including phenoxy) is 1. The molecule has 0 radical (unpaired) electrons. The lowest BCUT2D eigenvalue weighted by Crippen LogP contribution is -2.38. The molecule has 0 bridgehead atoms. The minimum Gasteiger partial charge on any atom is -0.444 e. The van der Waals surface area contributed by atoms with Crippen LogP contribution in [0.4, 0.5) is 4.79 Å². The van der Waals surface area contributed by atoms with Crippen LogP contribution in [0, 0.1) is 0 Å². The van der Waals surface area contributed by atoms with E-state index in [0.717, 1.165) is 25.5 Å². The molecule has 2 rings (SSSR count). The molecule has 0 saturated heterocycles. The average molecular weight is 382 g/mol. The predicted molar refractivity (Wildman–Crippen MR) is 112 cm³/mol. The molecule has 0 unspecified atom stereocenters. The van der Waals surface area contributed by atoms with Gasteiger partial charge in [-0.1, -0.05) is 54.6 Å². The Morgan fingerprint density at radius 1 is 0.857 bits per heavy atom. The van der Waals surface area contributed by atoms with Gasteiger partial charge in [-0.2, -0.15) is 0 Å². The zero-order valence-electron chi connectivity index (χ0n) is 17.2. The van der Waals surface area contributed by atoms with Crippen molar-refractivity contribution in [2.45, 2.75) is 52.1 Å². The van der Waals surface area contributed by atoms with Gasteiger partial charge in [0.15, 0.2) is 0 Å². The first-order chi connectivity index (χ1) is 13.4. The Kier molecular flexibility index (Phi) is 8.24. The van der Waals surface area contributed by atoms with Gasteiger partial charge in [-0.05, 0) is 56.7 Å². The number of nitrogens with zero attached hydrogens (tertiary/aromatic N) is 1. The first-order valence-electron chi connectivity index (χ1n) is 9.91. The molecular weight excluding hydrogens is 350 g/mol. The number of carbonyl (C=O) groups excluding carboxylic acids is 2. The van der Waals surface area contributed by atoms with Crippen LogP contribution in [-0.2, 0) is 28.8 Å². The molecule has 28 heavy (non-hydrogen) atoms. The number of benzene rings is 2. The zero-order valence-corrected chi connectivity index (χ0v) is 17.2. The molecule has 0 spiro atoms. The van der Waals surface area contributed by atoms with Crippen molar-refractivity contribution < 1.29 is 14.3 Å². The second-order valence-corrected chi connectivity index (χ2v) is 7.97. The Morgan fingerprint density at radius 3 is 1.93 bits per heavy atom. The van der Waals surface area contributed by atoms with Gasteiger partial charge < -0.3 is 14.4 Å². The second kappa shape index (κ2) is 10.6. The van der Waals surface area contributed by atoms with Crippen LogP contribution in [0.5, 0.6) is 0 Å². The third-order valence-electron chi connectivity index (χ3n) is 4.41. The summed E-state index contributed by atoms with van der Waals surface area (Å²) < 4.78 is 5.45. The number of hydrogen-bond donors (Lipinski definition) is 0. The fraction of sp³-hybridized carbons (Fsp3) is 0.417. The summed E-state index contributed by atoms with van der Waals surface area (Å²) in [6.45, 7) is 6.45. The third kappa shape index (κ3) is 7.95. The van der Waals surface area contributed by atoms with Crippen molar-refractivity contribution in [2.24, 2.45) is 0 Å². The van der Waals surface area contributed by atoms with Crippen LogP contribution in [0.1, 0.15) is 43.9 Å². The smallest absolute Gasteiger partial charge is 0.410 e. The lowest BCUT2D eigenvalue weighted by molar-refractivity contribution is -0.108. The van der Waals surface area contributed by atoms with Crippen molar-refractivity contribution in [3.05, 3.63) is 71.3 Å². The molecule has 2 aromatic rings. The van der Waals surface area contributed by atoms with Gasteiger partial charge in [-0.15, -0.1) is 0 Å². The summed E-state index contributed by atoms with van der Waals surface area (Å²) in [6, 6.07) is 19.0. The van der Waals surface area contributed by atoms with E-state index in [4.69, 9.17) is 4.74 Å². The van der Waals surface area contributed by atoms with Crippen LogP contribution >= 0.6 is 0 Å². The molecule has 0 fully saturated rings. The molecule has 0 aliphatic heterocycles. The minimum atomic E-state index is -0.545. The average Bonchev–Trinajstić information content (AvgIpc) is 2.66. The molecule has 0 saturated carbocycles. The highest BCUT2D eigenvalue weighted by molar-refractivity contribution is 5.68. The number of hydrogen-bond acceptors (Lipinski definition) is 3. The highest BCUT2D eigenvalue weighted by Crippen LogP contribution is 2.13. The van der Waals surface area contributed by atoms with E-state index in [9.17, 15) is 9.59 Å². The van der Waals surface area contributed by atoms with Gasteiger partial charge in [0.1, 0.15) is 11.9 Å². The number of amides is 1. The Bertz CT molecular complexity index is 733. The maximum atomic E-state index is 12.3. The van der Waals surface area contributed by atoms with E-state index in [1.807, 2.05) is 26.8 Å². The maximum absolute atomic E-state index is 12.3. The van der Waals surface area contributed by atoms with Gasteiger partial charge in [-0.25, -0.2) is 4.79 Å². The van der Waals surface area contributed by atoms with Crippen molar-refractivity contribution in [2.75, 3.05) is 13.1 Å². The maximum Gasteiger partial charge on any atom is 0.410 e. The van der Waals surface area contributed by atoms with Crippen LogP contribution in [-0.4, -0.2) is 36.0 Å². The fourth-order valence-electron chi connectivity index (χ4n) is 2.90. The zero-order chi connectivity index (χ0) is 20.4. The molecule has 0 aliphatic rings. The molecule has 0 aliphatic carbocycles. The molecule has 4 heteroatoms. The van der Waals surface area contributed by atoms with Gasteiger partial charge in [0.25, 0.3) is 0 Å². The molecule has 0 N–H and O–H groups in total. The van der Waals surface area contributed by atoms with Crippen LogP contribution in [0.25, 0.3) is 0 Å². The Balaban J connectivity index is 1.88. The van der Waals surface area contributed by atoms with E-state index in [2.05, 4.69) is 48.5 Å². The lowest BCUT2D eigenvalue weighted by Gasteiger charge is -2.27. The quantitative estimate of drug-likeness (QED) is 0.584. The normalized spacial score (nSPS) is 11.1. The summed E-state index contributed by atoms with van der Waals surface area (Å²) in [4.78, 5) is 24.7. The van der Waals surface area contributed by atoms with Gasteiger partial charge >= 0.3 is 6.09 Å². The van der Waals surface area contributed by atoms with E-state index in [-0.39, 0.29) is 6.09 Å². The molecule has 2 aromatic carbocycles. The summed E-state index contributed by atoms with van der Waals surface area (Å²) in [5.74, 6) is 0. The lowest BCUT2D eigenvalue weighted by atomic mass is 10.0. The first-order valence-corrected chi connectivity index (χ1v) is 9.91. The van der Waals surface area contributed by atoms with Crippen molar-refractivity contribution in [3.63, 3.8) is 0 Å². The number of carbonyl (C=O) groups is 2. The number of rotatable bonds is 9. The van der Waals surface area contributed by atoms with Crippen LogP contribution in [0.3, 0.4) is 0 Å². The Hall–Kier alpha value is -2.62. The van der Waals surface area contributed by atoms with Crippen molar-refractivity contribution in [3.8, 4) is 0 Å². The highest BCUT2D eigenvalue weighted by Gasteiger charge is 2.21. The van der Waals surface area contributed by atoms with E-state index in [1.165, 1.54) is 16.7 Å². The van der Waals surface area contributed by atoms with Gasteiger partial charge in [0.05, 0.1) is 0 Å².